The fourth-order valence-corrected chi connectivity index (χ4v) is 3.97. The highest BCUT2D eigenvalue weighted by molar-refractivity contribution is 7.89. The highest BCUT2D eigenvalue weighted by Crippen LogP contribution is 2.33. The maximum atomic E-state index is 12.7. The van der Waals surface area contributed by atoms with Gasteiger partial charge in [0.25, 0.3) is 10.0 Å². The van der Waals surface area contributed by atoms with E-state index in [-0.39, 0.29) is 11.6 Å². The number of fused-ring (bicyclic) bond motifs is 1. The molecule has 0 atom stereocenters. The first-order chi connectivity index (χ1) is 10.4. The molecule has 1 aromatic carbocycles. The summed E-state index contributed by atoms with van der Waals surface area (Å²) in [5, 5.41) is 3.95. The van der Waals surface area contributed by atoms with Gasteiger partial charge < -0.3 is 0 Å². The van der Waals surface area contributed by atoms with Crippen molar-refractivity contribution in [2.75, 3.05) is 11.4 Å². The molecule has 0 aliphatic carbocycles. The summed E-state index contributed by atoms with van der Waals surface area (Å²) in [6, 6.07) is 8.47. The summed E-state index contributed by atoms with van der Waals surface area (Å²) in [6.07, 6.45) is 1.55. The minimum absolute atomic E-state index is 0.00544. The Balaban J connectivity index is 2.09. The average molecular weight is 320 g/mol. The van der Waals surface area contributed by atoms with Gasteiger partial charge in [0.15, 0.2) is 0 Å². The van der Waals surface area contributed by atoms with Gasteiger partial charge in [-0.2, -0.15) is 13.5 Å². The van der Waals surface area contributed by atoms with Crippen molar-refractivity contribution in [1.82, 2.24) is 14.1 Å². The number of rotatable bonds is 3. The topological polar surface area (TPSA) is 75.5 Å². The number of carbonyl (C=O) groups excluding carboxylic acids is 1. The van der Waals surface area contributed by atoms with Crippen LogP contribution in [0.2, 0.25) is 0 Å². The summed E-state index contributed by atoms with van der Waals surface area (Å²) in [7, 11) is -2.31. The Labute approximate surface area is 128 Å². The second-order valence-electron chi connectivity index (χ2n) is 5.02. The summed E-state index contributed by atoms with van der Waals surface area (Å²) in [6.45, 7) is 2.17. The molecule has 0 spiro atoms. The first-order valence-corrected chi connectivity index (χ1v) is 8.31. The van der Waals surface area contributed by atoms with Crippen molar-refractivity contribution in [2.45, 2.75) is 18.5 Å². The SMILES string of the molecule is CCN1C(=O)N(Cc2ccccc2)S(=O)(=O)c2nn(C)cc21. The molecular formula is C14H16N4O3S. The molecule has 2 amide bonds. The Morgan fingerprint density at radius 3 is 2.50 bits per heavy atom. The van der Waals surface area contributed by atoms with Crippen LogP contribution in [0.5, 0.6) is 0 Å². The smallest absolute Gasteiger partial charge is 0.289 e. The van der Waals surface area contributed by atoms with Gasteiger partial charge in [-0.05, 0) is 12.5 Å². The quantitative estimate of drug-likeness (QED) is 0.860. The molecule has 8 heteroatoms. The van der Waals surface area contributed by atoms with Crippen molar-refractivity contribution in [3.8, 4) is 0 Å². The van der Waals surface area contributed by atoms with Crippen molar-refractivity contribution >= 4 is 21.7 Å². The van der Waals surface area contributed by atoms with Gasteiger partial charge >= 0.3 is 6.03 Å². The van der Waals surface area contributed by atoms with Gasteiger partial charge in [-0.3, -0.25) is 9.58 Å². The number of aromatic nitrogens is 2. The molecule has 1 aromatic heterocycles. The molecule has 0 bridgehead atoms. The maximum Gasteiger partial charge on any atom is 0.338 e. The third kappa shape index (κ3) is 2.16. The Morgan fingerprint density at radius 1 is 1.18 bits per heavy atom. The molecule has 0 unspecified atom stereocenters. The van der Waals surface area contributed by atoms with Gasteiger partial charge in [0.1, 0.15) is 5.69 Å². The van der Waals surface area contributed by atoms with E-state index in [2.05, 4.69) is 5.10 Å². The number of amides is 2. The predicted octanol–water partition coefficient (Wildman–Crippen LogP) is 1.57. The zero-order valence-electron chi connectivity index (χ0n) is 12.3. The molecule has 0 fully saturated rings. The highest BCUT2D eigenvalue weighted by atomic mass is 32.2. The predicted molar refractivity (Wildman–Crippen MR) is 80.8 cm³/mol. The lowest BCUT2D eigenvalue weighted by molar-refractivity contribution is 0.226. The Kier molecular flexibility index (Phi) is 3.40. The summed E-state index contributed by atoms with van der Waals surface area (Å²) in [4.78, 5) is 14.0. The molecule has 3 rings (SSSR count). The van der Waals surface area contributed by atoms with Crippen molar-refractivity contribution < 1.29 is 13.2 Å². The van der Waals surface area contributed by atoms with Gasteiger partial charge in [0.2, 0.25) is 5.03 Å². The molecule has 1 aliphatic rings. The Hall–Kier alpha value is -2.35. The van der Waals surface area contributed by atoms with Crippen molar-refractivity contribution in [2.24, 2.45) is 7.05 Å². The van der Waals surface area contributed by atoms with Crippen LogP contribution in [0.25, 0.3) is 0 Å². The zero-order valence-corrected chi connectivity index (χ0v) is 13.1. The zero-order chi connectivity index (χ0) is 15.9. The summed E-state index contributed by atoms with van der Waals surface area (Å²) >= 11 is 0. The summed E-state index contributed by atoms with van der Waals surface area (Å²) in [5.74, 6) is 0. The van der Waals surface area contributed by atoms with Gasteiger partial charge in [-0.1, -0.05) is 30.3 Å². The normalized spacial score (nSPS) is 16.7. The van der Waals surface area contributed by atoms with E-state index < -0.39 is 16.1 Å². The number of hydrogen-bond donors (Lipinski definition) is 0. The molecule has 0 saturated carbocycles. The number of hydrogen-bond acceptors (Lipinski definition) is 4. The Morgan fingerprint density at radius 2 is 1.86 bits per heavy atom. The van der Waals surface area contributed by atoms with Crippen LogP contribution in [-0.2, 0) is 23.6 Å². The van der Waals surface area contributed by atoms with E-state index in [1.807, 2.05) is 6.07 Å². The van der Waals surface area contributed by atoms with E-state index in [1.54, 1.807) is 44.4 Å². The van der Waals surface area contributed by atoms with Crippen LogP contribution in [0.4, 0.5) is 10.5 Å². The van der Waals surface area contributed by atoms with Gasteiger partial charge in [-0.15, -0.1) is 0 Å². The third-order valence-electron chi connectivity index (χ3n) is 3.53. The van der Waals surface area contributed by atoms with Gasteiger partial charge in [0.05, 0.1) is 6.54 Å². The number of aryl methyl sites for hydroxylation is 1. The van der Waals surface area contributed by atoms with E-state index in [0.717, 1.165) is 9.87 Å². The minimum Gasteiger partial charge on any atom is -0.289 e. The first-order valence-electron chi connectivity index (χ1n) is 6.87. The highest BCUT2D eigenvalue weighted by Gasteiger charge is 2.43. The van der Waals surface area contributed by atoms with E-state index in [1.165, 1.54) is 9.58 Å². The van der Waals surface area contributed by atoms with Crippen LogP contribution in [-0.4, -0.2) is 35.1 Å². The molecular weight excluding hydrogens is 304 g/mol. The van der Waals surface area contributed by atoms with Gasteiger partial charge in [0, 0.05) is 19.8 Å². The second-order valence-corrected chi connectivity index (χ2v) is 6.79. The van der Waals surface area contributed by atoms with E-state index in [9.17, 15) is 13.2 Å². The number of sulfonamides is 1. The maximum absolute atomic E-state index is 12.7. The van der Waals surface area contributed by atoms with Crippen molar-refractivity contribution in [1.29, 1.82) is 0 Å². The third-order valence-corrected chi connectivity index (χ3v) is 5.18. The van der Waals surface area contributed by atoms with Crippen LogP contribution >= 0.6 is 0 Å². The van der Waals surface area contributed by atoms with Crippen LogP contribution in [0.15, 0.2) is 41.6 Å². The van der Waals surface area contributed by atoms with Crippen LogP contribution in [0, 0.1) is 0 Å². The number of benzene rings is 1. The number of urea groups is 1. The van der Waals surface area contributed by atoms with E-state index in [4.69, 9.17) is 0 Å². The molecule has 116 valence electrons. The lowest BCUT2D eigenvalue weighted by Crippen LogP contribution is -2.50. The van der Waals surface area contributed by atoms with Crippen LogP contribution in [0.1, 0.15) is 12.5 Å². The molecule has 2 aromatic rings. The fourth-order valence-electron chi connectivity index (χ4n) is 2.48. The lowest BCUT2D eigenvalue weighted by atomic mass is 10.2. The molecule has 7 nitrogen and oxygen atoms in total. The van der Waals surface area contributed by atoms with Crippen LogP contribution < -0.4 is 4.90 Å². The fraction of sp³-hybridized carbons (Fsp3) is 0.286. The minimum atomic E-state index is -3.94. The molecule has 1 aliphatic heterocycles. The molecule has 22 heavy (non-hydrogen) atoms. The molecule has 0 N–H and O–H groups in total. The second kappa shape index (κ2) is 5.13. The molecule has 0 saturated heterocycles. The Bertz CT molecular complexity index is 814. The monoisotopic (exact) mass is 320 g/mol. The number of carbonyl (C=O) groups is 1. The van der Waals surface area contributed by atoms with Crippen molar-refractivity contribution in [3.05, 3.63) is 42.1 Å². The number of anilines is 1. The molecule has 0 radical (unpaired) electrons. The van der Waals surface area contributed by atoms with Crippen molar-refractivity contribution in [3.63, 3.8) is 0 Å². The first kappa shape index (κ1) is 14.6. The largest absolute Gasteiger partial charge is 0.338 e. The number of nitrogens with zero attached hydrogens (tertiary/aromatic N) is 4. The standard InChI is InChI=1S/C14H16N4O3S/c1-3-17-12-10-16(2)15-13(12)22(20,21)18(14(17)19)9-11-7-5-4-6-8-11/h4-8,10H,3,9H2,1-2H3. The average Bonchev–Trinajstić information content (AvgIpc) is 2.88. The van der Waals surface area contributed by atoms with E-state index in [0.29, 0.717) is 12.2 Å². The van der Waals surface area contributed by atoms with Crippen LogP contribution in [0.3, 0.4) is 0 Å². The summed E-state index contributed by atoms with van der Waals surface area (Å²) in [5.41, 5.74) is 1.08. The van der Waals surface area contributed by atoms with Gasteiger partial charge in [-0.25, -0.2) is 9.10 Å². The lowest BCUT2D eigenvalue weighted by Gasteiger charge is -2.33. The summed E-state index contributed by atoms with van der Waals surface area (Å²) < 4.78 is 27.7. The molecule has 2 heterocycles. The van der Waals surface area contributed by atoms with E-state index >= 15 is 0 Å².